The lowest BCUT2D eigenvalue weighted by Crippen LogP contribution is -2.41. The van der Waals surface area contributed by atoms with E-state index < -0.39 is 0 Å². The summed E-state index contributed by atoms with van der Waals surface area (Å²) in [5, 5.41) is 0. The maximum Gasteiger partial charge on any atom is 0.222 e. The largest absolute Gasteiger partial charge is 0.340 e. The van der Waals surface area contributed by atoms with Crippen LogP contribution < -0.4 is 5.73 Å². The third kappa shape index (κ3) is 1.85. The first-order valence-corrected chi connectivity index (χ1v) is 5.32. The molecule has 1 saturated heterocycles. The number of carbonyl (C=O) groups excluding carboxylic acids is 1. The van der Waals surface area contributed by atoms with E-state index in [1.165, 1.54) is 0 Å². The summed E-state index contributed by atoms with van der Waals surface area (Å²) in [7, 11) is 0. The summed E-state index contributed by atoms with van der Waals surface area (Å²) < 4.78 is 0. The van der Waals surface area contributed by atoms with E-state index in [1.54, 1.807) is 0 Å². The predicted octanol–water partition coefficient (Wildman–Crippen LogP) is 0.879. The first-order valence-electron chi connectivity index (χ1n) is 5.32. The quantitative estimate of drug-likeness (QED) is 0.654. The summed E-state index contributed by atoms with van der Waals surface area (Å²) in [5.74, 6) is 0.362. The van der Waals surface area contributed by atoms with E-state index in [0.717, 1.165) is 45.1 Å². The van der Waals surface area contributed by atoms with Gasteiger partial charge in [0.1, 0.15) is 0 Å². The van der Waals surface area contributed by atoms with Crippen molar-refractivity contribution < 1.29 is 4.79 Å². The van der Waals surface area contributed by atoms with Crippen LogP contribution in [0.5, 0.6) is 0 Å². The third-order valence-electron chi connectivity index (χ3n) is 3.29. The highest BCUT2D eigenvalue weighted by atomic mass is 16.2. The molecule has 1 aliphatic carbocycles. The minimum Gasteiger partial charge on any atom is -0.340 e. The van der Waals surface area contributed by atoms with Crippen LogP contribution in [0, 0.1) is 0 Å². The van der Waals surface area contributed by atoms with Gasteiger partial charge in [0.05, 0.1) is 0 Å². The third-order valence-corrected chi connectivity index (χ3v) is 3.29. The monoisotopic (exact) mass is 182 g/mol. The Bertz CT molecular complexity index is 197. The summed E-state index contributed by atoms with van der Waals surface area (Å²) in [4.78, 5) is 13.5. The molecule has 13 heavy (non-hydrogen) atoms. The summed E-state index contributed by atoms with van der Waals surface area (Å²) in [6.45, 7) is 0.985. The lowest BCUT2D eigenvalue weighted by Gasteiger charge is -2.33. The smallest absolute Gasteiger partial charge is 0.222 e. The Morgan fingerprint density at radius 2 is 1.92 bits per heavy atom. The zero-order valence-electron chi connectivity index (χ0n) is 8.04. The van der Waals surface area contributed by atoms with Crippen molar-refractivity contribution in [3.05, 3.63) is 0 Å². The SMILES string of the molecule is N[C@H]1CC[C@H](N2CCCC2=O)CC1. The van der Waals surface area contributed by atoms with Gasteiger partial charge in [-0.2, -0.15) is 0 Å². The van der Waals surface area contributed by atoms with Crippen LogP contribution in [0.1, 0.15) is 38.5 Å². The van der Waals surface area contributed by atoms with E-state index in [-0.39, 0.29) is 0 Å². The molecule has 0 aromatic rings. The molecule has 0 unspecified atom stereocenters. The van der Waals surface area contributed by atoms with E-state index in [0.29, 0.717) is 18.0 Å². The van der Waals surface area contributed by atoms with Crippen molar-refractivity contribution in [3.8, 4) is 0 Å². The van der Waals surface area contributed by atoms with Crippen LogP contribution in [-0.2, 0) is 4.79 Å². The zero-order chi connectivity index (χ0) is 9.26. The van der Waals surface area contributed by atoms with Crippen LogP contribution >= 0.6 is 0 Å². The molecule has 0 radical (unpaired) electrons. The van der Waals surface area contributed by atoms with Gasteiger partial charge < -0.3 is 10.6 Å². The number of amides is 1. The second-order valence-corrected chi connectivity index (χ2v) is 4.26. The van der Waals surface area contributed by atoms with Crippen LogP contribution in [0.3, 0.4) is 0 Å². The first-order chi connectivity index (χ1) is 6.27. The molecule has 1 heterocycles. The van der Waals surface area contributed by atoms with Gasteiger partial charge in [-0.15, -0.1) is 0 Å². The molecular formula is C10H18N2O. The Labute approximate surface area is 79.3 Å². The maximum absolute atomic E-state index is 11.4. The highest BCUT2D eigenvalue weighted by Crippen LogP contribution is 2.25. The topological polar surface area (TPSA) is 46.3 Å². The molecule has 0 bridgehead atoms. The Morgan fingerprint density at radius 1 is 1.23 bits per heavy atom. The van der Waals surface area contributed by atoms with Gasteiger partial charge in [-0.3, -0.25) is 4.79 Å². The number of hydrogen-bond acceptors (Lipinski definition) is 2. The molecule has 0 atom stereocenters. The van der Waals surface area contributed by atoms with Crippen molar-refractivity contribution in [2.24, 2.45) is 5.73 Å². The van der Waals surface area contributed by atoms with E-state index in [1.807, 2.05) is 0 Å². The molecule has 0 aromatic carbocycles. The minimum absolute atomic E-state index is 0.362. The number of hydrogen-bond donors (Lipinski definition) is 1. The van der Waals surface area contributed by atoms with E-state index in [4.69, 9.17) is 5.73 Å². The normalized spacial score (nSPS) is 35.5. The average Bonchev–Trinajstić information content (AvgIpc) is 2.53. The molecule has 1 aliphatic heterocycles. The van der Waals surface area contributed by atoms with Crippen molar-refractivity contribution in [2.75, 3.05) is 6.54 Å². The number of likely N-dealkylation sites (tertiary alicyclic amines) is 1. The van der Waals surface area contributed by atoms with E-state index in [9.17, 15) is 4.79 Å². The standard InChI is InChI=1S/C10H18N2O/c11-8-3-5-9(6-4-8)12-7-1-2-10(12)13/h8-9H,1-7,11H2/t8-,9-. The van der Waals surface area contributed by atoms with Crippen molar-refractivity contribution in [3.63, 3.8) is 0 Å². The molecule has 2 fully saturated rings. The van der Waals surface area contributed by atoms with E-state index in [2.05, 4.69) is 4.90 Å². The molecule has 0 spiro atoms. The molecule has 1 amide bonds. The van der Waals surface area contributed by atoms with Crippen LogP contribution in [0.25, 0.3) is 0 Å². The highest BCUT2D eigenvalue weighted by molar-refractivity contribution is 5.78. The summed E-state index contributed by atoms with van der Waals surface area (Å²) >= 11 is 0. The fourth-order valence-corrected chi connectivity index (χ4v) is 2.47. The zero-order valence-corrected chi connectivity index (χ0v) is 8.04. The molecule has 3 nitrogen and oxygen atoms in total. The van der Waals surface area contributed by atoms with Gasteiger partial charge in [-0.05, 0) is 32.1 Å². The van der Waals surface area contributed by atoms with Gasteiger partial charge >= 0.3 is 0 Å². The van der Waals surface area contributed by atoms with Crippen molar-refractivity contribution in [2.45, 2.75) is 50.6 Å². The van der Waals surface area contributed by atoms with Crippen LogP contribution in [0.4, 0.5) is 0 Å². The predicted molar refractivity (Wildman–Crippen MR) is 51.2 cm³/mol. The van der Waals surface area contributed by atoms with Gasteiger partial charge in [0.25, 0.3) is 0 Å². The van der Waals surface area contributed by atoms with Crippen LogP contribution in [0.2, 0.25) is 0 Å². The second kappa shape index (κ2) is 3.66. The minimum atomic E-state index is 0.362. The van der Waals surface area contributed by atoms with Gasteiger partial charge in [0, 0.05) is 25.0 Å². The average molecular weight is 182 g/mol. The first kappa shape index (κ1) is 9.00. The Hall–Kier alpha value is -0.570. The summed E-state index contributed by atoms with van der Waals surface area (Å²) in [5.41, 5.74) is 5.83. The lowest BCUT2D eigenvalue weighted by atomic mass is 9.91. The molecule has 74 valence electrons. The number of nitrogens with two attached hydrogens (primary N) is 1. The van der Waals surface area contributed by atoms with Crippen molar-refractivity contribution in [1.29, 1.82) is 0 Å². The number of rotatable bonds is 1. The van der Waals surface area contributed by atoms with Gasteiger partial charge in [0.2, 0.25) is 5.91 Å². The molecule has 2 N–H and O–H groups in total. The van der Waals surface area contributed by atoms with Crippen molar-refractivity contribution in [1.82, 2.24) is 4.90 Å². The fourth-order valence-electron chi connectivity index (χ4n) is 2.47. The fraction of sp³-hybridized carbons (Fsp3) is 0.900. The van der Waals surface area contributed by atoms with Gasteiger partial charge in [-0.25, -0.2) is 0 Å². The van der Waals surface area contributed by atoms with Crippen LogP contribution in [-0.4, -0.2) is 29.4 Å². The Balaban J connectivity index is 1.90. The molecule has 2 aliphatic rings. The van der Waals surface area contributed by atoms with E-state index >= 15 is 0 Å². The van der Waals surface area contributed by atoms with Crippen molar-refractivity contribution >= 4 is 5.91 Å². The lowest BCUT2D eigenvalue weighted by molar-refractivity contribution is -0.130. The van der Waals surface area contributed by atoms with Gasteiger partial charge in [0.15, 0.2) is 0 Å². The highest BCUT2D eigenvalue weighted by Gasteiger charge is 2.30. The summed E-state index contributed by atoms with van der Waals surface area (Å²) in [6.07, 6.45) is 6.24. The molecule has 0 aromatic heterocycles. The second-order valence-electron chi connectivity index (χ2n) is 4.26. The Kier molecular flexibility index (Phi) is 2.54. The number of nitrogens with zero attached hydrogens (tertiary/aromatic N) is 1. The molecule has 1 saturated carbocycles. The van der Waals surface area contributed by atoms with Crippen LogP contribution in [0.15, 0.2) is 0 Å². The summed E-state index contributed by atoms with van der Waals surface area (Å²) in [6, 6.07) is 0.892. The van der Waals surface area contributed by atoms with Gasteiger partial charge in [-0.1, -0.05) is 0 Å². The maximum atomic E-state index is 11.4. The Morgan fingerprint density at radius 3 is 2.46 bits per heavy atom. The molecular weight excluding hydrogens is 164 g/mol. The molecule has 2 rings (SSSR count). The number of carbonyl (C=O) groups is 1. The molecule has 3 heteroatoms.